The second-order valence-electron chi connectivity index (χ2n) is 3.70. The Morgan fingerprint density at radius 3 is 2.69 bits per heavy atom. The van der Waals surface area contributed by atoms with Crippen molar-refractivity contribution in [1.82, 2.24) is 0 Å². The van der Waals surface area contributed by atoms with E-state index in [1.165, 1.54) is 0 Å². The van der Waals surface area contributed by atoms with Crippen LogP contribution < -0.4 is 11.5 Å². The van der Waals surface area contributed by atoms with Crippen molar-refractivity contribution in [2.45, 2.75) is 19.0 Å². The van der Waals surface area contributed by atoms with Gasteiger partial charge < -0.3 is 16.6 Å². The minimum atomic E-state index is -2.01. The predicted octanol–water partition coefficient (Wildman–Crippen LogP) is 1.04. The molecule has 0 fully saturated rings. The lowest BCUT2D eigenvalue weighted by Crippen LogP contribution is -2.29. The zero-order chi connectivity index (χ0) is 12.3. The molecule has 0 saturated heterocycles. The van der Waals surface area contributed by atoms with Gasteiger partial charge in [0.1, 0.15) is 0 Å². The van der Waals surface area contributed by atoms with E-state index in [4.69, 9.17) is 16.6 Å². The van der Waals surface area contributed by atoms with Crippen LogP contribution in [0.1, 0.15) is 17.0 Å². The van der Waals surface area contributed by atoms with E-state index in [1.807, 2.05) is 0 Å². The topological polar surface area (TPSA) is 89.3 Å². The van der Waals surface area contributed by atoms with Gasteiger partial charge in [-0.25, -0.2) is 9.18 Å². The molecule has 0 radical (unpaired) electrons. The van der Waals surface area contributed by atoms with Crippen molar-refractivity contribution in [3.63, 3.8) is 0 Å². The van der Waals surface area contributed by atoms with Crippen molar-refractivity contribution >= 4 is 11.7 Å². The maximum Gasteiger partial charge on any atom is 0.338 e. The lowest BCUT2D eigenvalue weighted by atomic mass is 9.90. The number of nitrogen functional groups attached to an aromatic ring is 1. The number of anilines is 1. The summed E-state index contributed by atoms with van der Waals surface area (Å²) < 4.78 is 13.5. The number of nitrogens with two attached hydrogens (primary N) is 2. The van der Waals surface area contributed by atoms with Crippen LogP contribution >= 0.6 is 0 Å². The molecular formula is C11H15FN2O2. The van der Waals surface area contributed by atoms with E-state index in [9.17, 15) is 9.18 Å². The molecule has 0 heterocycles. The van der Waals surface area contributed by atoms with Crippen molar-refractivity contribution in [1.29, 1.82) is 0 Å². The van der Waals surface area contributed by atoms with Gasteiger partial charge in [-0.05, 0) is 30.2 Å². The van der Waals surface area contributed by atoms with Crippen molar-refractivity contribution in [3.05, 3.63) is 29.3 Å². The normalized spacial score (nSPS) is 14.4. The number of aryl methyl sites for hydroxylation is 1. The highest BCUT2D eigenvalue weighted by atomic mass is 19.1. The molecule has 0 bridgehead atoms. The fourth-order valence-corrected chi connectivity index (χ4v) is 1.63. The molecule has 0 saturated carbocycles. The van der Waals surface area contributed by atoms with Crippen LogP contribution in [0.4, 0.5) is 10.1 Å². The molecule has 5 heteroatoms. The van der Waals surface area contributed by atoms with Crippen molar-refractivity contribution in [2.24, 2.45) is 5.73 Å². The Labute approximate surface area is 93.1 Å². The molecule has 0 aliphatic rings. The Kier molecular flexibility index (Phi) is 3.84. The standard InChI is InChI=1S/C11H15FN2O2/c1-6-2-3-7(14)4-8(6)9(5-13)10(12)11(15)16/h2-4,9-10H,5,13-14H2,1H3,(H,15,16). The van der Waals surface area contributed by atoms with Crippen LogP contribution in [-0.2, 0) is 4.79 Å². The van der Waals surface area contributed by atoms with E-state index in [1.54, 1.807) is 25.1 Å². The Morgan fingerprint density at radius 1 is 1.56 bits per heavy atom. The monoisotopic (exact) mass is 226 g/mol. The first-order valence-corrected chi connectivity index (χ1v) is 4.90. The molecule has 2 atom stereocenters. The molecule has 2 unspecified atom stereocenters. The fraction of sp³-hybridized carbons (Fsp3) is 0.364. The number of alkyl halides is 1. The van der Waals surface area contributed by atoms with Gasteiger partial charge >= 0.3 is 5.97 Å². The van der Waals surface area contributed by atoms with Crippen LogP contribution in [0, 0.1) is 6.92 Å². The third-order valence-electron chi connectivity index (χ3n) is 2.55. The summed E-state index contributed by atoms with van der Waals surface area (Å²) in [4.78, 5) is 10.6. The van der Waals surface area contributed by atoms with Gasteiger partial charge in [-0.1, -0.05) is 6.07 Å². The number of rotatable bonds is 4. The molecule has 4 nitrogen and oxygen atoms in total. The van der Waals surface area contributed by atoms with Crippen LogP contribution in [0.15, 0.2) is 18.2 Å². The second-order valence-corrected chi connectivity index (χ2v) is 3.70. The van der Waals surface area contributed by atoms with Gasteiger partial charge in [0, 0.05) is 18.2 Å². The van der Waals surface area contributed by atoms with Crippen LogP contribution in [-0.4, -0.2) is 23.8 Å². The molecule has 0 aliphatic heterocycles. The second kappa shape index (κ2) is 4.94. The lowest BCUT2D eigenvalue weighted by molar-refractivity contribution is -0.143. The SMILES string of the molecule is Cc1ccc(N)cc1C(CN)C(F)C(=O)O. The van der Waals surface area contributed by atoms with Crippen molar-refractivity contribution in [2.75, 3.05) is 12.3 Å². The molecular weight excluding hydrogens is 211 g/mol. The average Bonchev–Trinajstić information content (AvgIpc) is 2.23. The first kappa shape index (κ1) is 12.4. The third-order valence-corrected chi connectivity index (χ3v) is 2.55. The summed E-state index contributed by atoms with van der Waals surface area (Å²) in [5, 5.41) is 8.64. The molecule has 1 aromatic rings. The Hall–Kier alpha value is -1.62. The van der Waals surface area contributed by atoms with Crippen LogP contribution in [0.3, 0.4) is 0 Å². The van der Waals surface area contributed by atoms with Gasteiger partial charge in [-0.2, -0.15) is 0 Å². The molecule has 5 N–H and O–H groups in total. The van der Waals surface area contributed by atoms with Crippen LogP contribution in [0.5, 0.6) is 0 Å². The van der Waals surface area contributed by atoms with E-state index in [0.29, 0.717) is 11.3 Å². The largest absolute Gasteiger partial charge is 0.479 e. The predicted molar refractivity (Wildman–Crippen MR) is 59.9 cm³/mol. The number of aliphatic carboxylic acids is 1. The van der Waals surface area contributed by atoms with E-state index < -0.39 is 18.1 Å². The molecule has 16 heavy (non-hydrogen) atoms. The van der Waals surface area contributed by atoms with Crippen molar-refractivity contribution < 1.29 is 14.3 Å². The molecule has 88 valence electrons. The smallest absolute Gasteiger partial charge is 0.338 e. The Balaban J connectivity index is 3.12. The van der Waals surface area contributed by atoms with Gasteiger partial charge in [-0.3, -0.25) is 0 Å². The summed E-state index contributed by atoms with van der Waals surface area (Å²) in [5.41, 5.74) is 12.8. The van der Waals surface area contributed by atoms with E-state index in [0.717, 1.165) is 5.56 Å². The van der Waals surface area contributed by atoms with Crippen LogP contribution in [0.25, 0.3) is 0 Å². The molecule has 0 aromatic heterocycles. The van der Waals surface area contributed by atoms with Crippen molar-refractivity contribution in [3.8, 4) is 0 Å². The molecule has 1 rings (SSSR count). The number of carboxylic acid groups (broad SMARTS) is 1. The molecule has 0 aliphatic carbocycles. The molecule has 0 amide bonds. The van der Waals surface area contributed by atoms with Gasteiger partial charge in [0.05, 0.1) is 0 Å². The highest BCUT2D eigenvalue weighted by Crippen LogP contribution is 2.26. The molecule has 0 spiro atoms. The van der Waals surface area contributed by atoms with Gasteiger partial charge in [0.2, 0.25) is 6.17 Å². The minimum Gasteiger partial charge on any atom is -0.479 e. The summed E-state index contributed by atoms with van der Waals surface area (Å²) >= 11 is 0. The number of benzene rings is 1. The van der Waals surface area contributed by atoms with Crippen LogP contribution in [0.2, 0.25) is 0 Å². The fourth-order valence-electron chi connectivity index (χ4n) is 1.63. The summed E-state index contributed by atoms with van der Waals surface area (Å²) in [6.07, 6.45) is -2.01. The quantitative estimate of drug-likeness (QED) is 0.669. The minimum absolute atomic E-state index is 0.0717. The third kappa shape index (κ3) is 2.49. The number of hydrogen-bond acceptors (Lipinski definition) is 3. The summed E-state index contributed by atoms with van der Waals surface area (Å²) in [6.45, 7) is 1.70. The van der Waals surface area contributed by atoms with Gasteiger partial charge in [-0.15, -0.1) is 0 Å². The number of halogens is 1. The summed E-state index contributed by atoms with van der Waals surface area (Å²) in [6, 6.07) is 4.98. The molecule has 1 aromatic carbocycles. The highest BCUT2D eigenvalue weighted by Gasteiger charge is 2.29. The van der Waals surface area contributed by atoms with Gasteiger partial charge in [0.15, 0.2) is 0 Å². The first-order valence-electron chi connectivity index (χ1n) is 4.90. The highest BCUT2D eigenvalue weighted by molar-refractivity contribution is 5.74. The van der Waals surface area contributed by atoms with Gasteiger partial charge in [0.25, 0.3) is 0 Å². The maximum atomic E-state index is 13.5. The lowest BCUT2D eigenvalue weighted by Gasteiger charge is -2.19. The maximum absolute atomic E-state index is 13.5. The Bertz CT molecular complexity index is 396. The summed E-state index contributed by atoms with van der Waals surface area (Å²) in [5.74, 6) is -2.36. The van der Waals surface area contributed by atoms with E-state index in [2.05, 4.69) is 0 Å². The number of carboxylic acids is 1. The summed E-state index contributed by atoms with van der Waals surface area (Å²) in [7, 11) is 0. The first-order chi connectivity index (χ1) is 7.47. The number of hydrogen-bond donors (Lipinski definition) is 3. The average molecular weight is 226 g/mol. The van der Waals surface area contributed by atoms with E-state index >= 15 is 0 Å². The van der Waals surface area contributed by atoms with E-state index in [-0.39, 0.29) is 6.54 Å². The number of carbonyl (C=O) groups is 1. The zero-order valence-electron chi connectivity index (χ0n) is 8.98. The zero-order valence-corrected chi connectivity index (χ0v) is 8.98. The Morgan fingerprint density at radius 2 is 2.19 bits per heavy atom.